The Hall–Kier alpha value is -5.92. The lowest BCUT2D eigenvalue weighted by molar-refractivity contribution is -0.115. The number of esters is 1. The predicted molar refractivity (Wildman–Crippen MR) is 209 cm³/mol. The predicted octanol–water partition coefficient (Wildman–Crippen LogP) is 9.99. The molecule has 1 saturated carbocycles. The molecule has 0 spiro atoms. The maximum atomic E-state index is 12.7. The molecule has 0 radical (unpaired) electrons. The standard InChI is InChI=1S/C46H44N2O5/c1-51-46(50)43-14-8-9-15-44(43)47-45(49)28-33-16-22-39(23-17-33)52-41-24-18-37-30-42(25-19-36(37)29-41)53-40-26-20-38(21-27-40)48(31-34-10-4-2-5-11-34)32-35-12-6-3-7-13-35/h2-19,22-25,29-30,38,40H,20-21,26-28,31-32H2,1H3,(H,47,49)/t38-,40+. The van der Waals surface area contributed by atoms with Crippen molar-refractivity contribution in [1.82, 2.24) is 4.90 Å². The third-order valence-corrected chi connectivity index (χ3v) is 9.83. The van der Waals surface area contributed by atoms with Crippen molar-refractivity contribution in [2.75, 3.05) is 12.4 Å². The van der Waals surface area contributed by atoms with Gasteiger partial charge in [-0.3, -0.25) is 9.69 Å². The Morgan fingerprint density at radius 3 is 1.83 bits per heavy atom. The van der Waals surface area contributed by atoms with Crippen molar-refractivity contribution >= 4 is 28.3 Å². The van der Waals surface area contributed by atoms with E-state index in [-0.39, 0.29) is 18.4 Å². The number of benzene rings is 6. The summed E-state index contributed by atoms with van der Waals surface area (Å²) in [4.78, 5) is 27.4. The van der Waals surface area contributed by atoms with Crippen LogP contribution in [-0.4, -0.2) is 36.0 Å². The molecule has 7 rings (SSSR count). The van der Waals surface area contributed by atoms with E-state index in [0.29, 0.717) is 23.0 Å². The molecular formula is C46H44N2O5. The zero-order valence-electron chi connectivity index (χ0n) is 29.9. The molecule has 0 aliphatic heterocycles. The Bertz CT molecular complexity index is 2090. The van der Waals surface area contributed by atoms with Crippen LogP contribution in [0.3, 0.4) is 0 Å². The molecule has 6 aromatic carbocycles. The average molecular weight is 705 g/mol. The SMILES string of the molecule is COC(=O)c1ccccc1NC(=O)Cc1ccc(Oc2ccc3cc(O[C@H]4CC[C@@H](N(Cc5ccccc5)Cc5ccccc5)CC4)ccc3c2)cc1. The van der Waals surface area contributed by atoms with E-state index >= 15 is 0 Å². The molecule has 7 heteroatoms. The third-order valence-electron chi connectivity index (χ3n) is 9.83. The molecular weight excluding hydrogens is 661 g/mol. The highest BCUT2D eigenvalue weighted by Gasteiger charge is 2.27. The summed E-state index contributed by atoms with van der Waals surface area (Å²) >= 11 is 0. The minimum atomic E-state index is -0.500. The summed E-state index contributed by atoms with van der Waals surface area (Å²) in [7, 11) is 1.31. The zero-order valence-corrected chi connectivity index (χ0v) is 29.9. The van der Waals surface area contributed by atoms with Crippen LogP contribution in [0.4, 0.5) is 5.69 Å². The second-order valence-electron chi connectivity index (χ2n) is 13.6. The fourth-order valence-corrected chi connectivity index (χ4v) is 7.08. The molecule has 268 valence electrons. The first-order valence-corrected chi connectivity index (χ1v) is 18.3. The monoisotopic (exact) mass is 704 g/mol. The Labute approximate surface area is 311 Å². The molecule has 7 nitrogen and oxygen atoms in total. The number of anilines is 1. The quantitative estimate of drug-likeness (QED) is 0.121. The number of nitrogens with zero attached hydrogens (tertiary/aromatic N) is 1. The maximum absolute atomic E-state index is 12.7. The summed E-state index contributed by atoms with van der Waals surface area (Å²) in [5.74, 6) is 1.56. The van der Waals surface area contributed by atoms with Gasteiger partial charge in [0, 0.05) is 19.1 Å². The van der Waals surface area contributed by atoms with E-state index < -0.39 is 5.97 Å². The second kappa shape index (κ2) is 17.1. The van der Waals surface area contributed by atoms with Crippen molar-refractivity contribution in [3.63, 3.8) is 0 Å². The van der Waals surface area contributed by atoms with Crippen LogP contribution >= 0.6 is 0 Å². The molecule has 1 amide bonds. The largest absolute Gasteiger partial charge is 0.490 e. The van der Waals surface area contributed by atoms with Gasteiger partial charge in [-0.1, -0.05) is 97.1 Å². The van der Waals surface area contributed by atoms with Crippen LogP contribution in [-0.2, 0) is 29.0 Å². The molecule has 1 aliphatic rings. The summed E-state index contributed by atoms with van der Waals surface area (Å²) in [6.45, 7) is 1.89. The Morgan fingerprint density at radius 1 is 0.623 bits per heavy atom. The lowest BCUT2D eigenvalue weighted by Gasteiger charge is -2.37. The first-order chi connectivity index (χ1) is 26.0. The lowest BCUT2D eigenvalue weighted by Crippen LogP contribution is -2.39. The van der Waals surface area contributed by atoms with Crippen LogP contribution in [0.2, 0.25) is 0 Å². The summed E-state index contributed by atoms with van der Waals surface area (Å²) < 4.78 is 17.5. The number of para-hydroxylation sites is 1. The molecule has 1 fully saturated rings. The summed E-state index contributed by atoms with van der Waals surface area (Å²) in [5.41, 5.74) is 4.25. The Balaban J connectivity index is 0.918. The number of fused-ring (bicyclic) bond motifs is 1. The minimum absolute atomic E-state index is 0.151. The van der Waals surface area contributed by atoms with E-state index in [1.165, 1.54) is 18.2 Å². The molecule has 0 unspecified atom stereocenters. The van der Waals surface area contributed by atoms with Crippen molar-refractivity contribution in [3.05, 3.63) is 168 Å². The van der Waals surface area contributed by atoms with Crippen LogP contribution in [0.25, 0.3) is 10.8 Å². The smallest absolute Gasteiger partial charge is 0.339 e. The highest BCUT2D eigenvalue weighted by Crippen LogP contribution is 2.32. The number of hydrogen-bond donors (Lipinski definition) is 1. The van der Waals surface area contributed by atoms with E-state index in [1.54, 1.807) is 24.3 Å². The molecule has 1 N–H and O–H groups in total. The fraction of sp³-hybridized carbons (Fsp3) is 0.217. The normalized spacial score (nSPS) is 15.5. The van der Waals surface area contributed by atoms with Crippen molar-refractivity contribution in [2.24, 2.45) is 0 Å². The van der Waals surface area contributed by atoms with Gasteiger partial charge >= 0.3 is 5.97 Å². The topological polar surface area (TPSA) is 77.1 Å². The van der Waals surface area contributed by atoms with Gasteiger partial charge in [-0.15, -0.1) is 0 Å². The second-order valence-corrected chi connectivity index (χ2v) is 13.6. The summed E-state index contributed by atoms with van der Waals surface area (Å²) in [6.07, 6.45) is 4.63. The Kier molecular flexibility index (Phi) is 11.4. The van der Waals surface area contributed by atoms with Crippen LogP contribution in [0.5, 0.6) is 17.2 Å². The number of ether oxygens (including phenoxy) is 3. The number of carbonyl (C=O) groups excluding carboxylic acids is 2. The van der Waals surface area contributed by atoms with Gasteiger partial charge in [-0.2, -0.15) is 0 Å². The number of hydrogen-bond acceptors (Lipinski definition) is 6. The summed E-state index contributed by atoms with van der Waals surface area (Å²) in [5, 5.41) is 4.97. The van der Waals surface area contributed by atoms with Gasteiger partial charge in [0.05, 0.1) is 30.9 Å². The molecule has 1 aliphatic carbocycles. The molecule has 53 heavy (non-hydrogen) atoms. The molecule has 0 aromatic heterocycles. The highest BCUT2D eigenvalue weighted by molar-refractivity contribution is 6.01. The van der Waals surface area contributed by atoms with Crippen LogP contribution in [0, 0.1) is 0 Å². The molecule has 6 aromatic rings. The van der Waals surface area contributed by atoms with E-state index in [4.69, 9.17) is 14.2 Å². The molecule has 0 bridgehead atoms. The van der Waals surface area contributed by atoms with E-state index in [2.05, 4.69) is 95.1 Å². The van der Waals surface area contributed by atoms with Crippen molar-refractivity contribution in [3.8, 4) is 17.2 Å². The Morgan fingerprint density at radius 2 is 1.19 bits per heavy atom. The zero-order chi connectivity index (χ0) is 36.4. The first kappa shape index (κ1) is 35.5. The minimum Gasteiger partial charge on any atom is -0.490 e. The maximum Gasteiger partial charge on any atom is 0.339 e. The number of methoxy groups -OCH3 is 1. The lowest BCUT2D eigenvalue weighted by atomic mass is 9.91. The van der Waals surface area contributed by atoms with Crippen LogP contribution < -0.4 is 14.8 Å². The van der Waals surface area contributed by atoms with E-state index in [1.807, 2.05) is 36.4 Å². The van der Waals surface area contributed by atoms with Gasteiger partial charge in [0.15, 0.2) is 0 Å². The van der Waals surface area contributed by atoms with E-state index in [0.717, 1.165) is 66.6 Å². The van der Waals surface area contributed by atoms with Crippen molar-refractivity contribution in [2.45, 2.75) is 57.3 Å². The number of carbonyl (C=O) groups is 2. The molecule has 0 heterocycles. The number of amides is 1. The van der Waals surface area contributed by atoms with Crippen LogP contribution in [0.15, 0.2) is 146 Å². The van der Waals surface area contributed by atoms with Crippen molar-refractivity contribution in [1.29, 1.82) is 0 Å². The summed E-state index contributed by atoms with van der Waals surface area (Å²) in [6, 6.07) is 48.6. The number of nitrogens with one attached hydrogen (secondary N) is 1. The van der Waals surface area contributed by atoms with Gasteiger partial charge < -0.3 is 19.5 Å². The van der Waals surface area contributed by atoms with Gasteiger partial charge in [-0.05, 0) is 102 Å². The van der Waals surface area contributed by atoms with Crippen molar-refractivity contribution < 1.29 is 23.8 Å². The number of rotatable bonds is 13. The molecule has 0 atom stereocenters. The highest BCUT2D eigenvalue weighted by atomic mass is 16.5. The van der Waals surface area contributed by atoms with Crippen LogP contribution in [0.1, 0.15) is 52.7 Å². The van der Waals surface area contributed by atoms with Gasteiger partial charge in [0.25, 0.3) is 0 Å². The fourth-order valence-electron chi connectivity index (χ4n) is 7.08. The van der Waals surface area contributed by atoms with Gasteiger partial charge in [0.1, 0.15) is 17.2 Å². The average Bonchev–Trinajstić information content (AvgIpc) is 3.19. The van der Waals surface area contributed by atoms with E-state index in [9.17, 15) is 9.59 Å². The van der Waals surface area contributed by atoms with Gasteiger partial charge in [-0.25, -0.2) is 4.79 Å². The first-order valence-electron chi connectivity index (χ1n) is 18.3. The molecule has 0 saturated heterocycles. The third kappa shape index (κ3) is 9.50. The van der Waals surface area contributed by atoms with Gasteiger partial charge in [0.2, 0.25) is 5.91 Å².